The first kappa shape index (κ1) is 21.5. The van der Waals surface area contributed by atoms with Crippen LogP contribution in [0.25, 0.3) is 10.8 Å². The number of fused-ring (bicyclic) bond motifs is 2. The summed E-state index contributed by atoms with van der Waals surface area (Å²) in [6.45, 7) is 6.01. The Labute approximate surface area is 180 Å². The zero-order chi connectivity index (χ0) is 21.1. The molecule has 0 amide bonds. The minimum atomic E-state index is -0.224. The van der Waals surface area contributed by atoms with Gasteiger partial charge in [-0.3, -0.25) is 0 Å². The van der Waals surface area contributed by atoms with Crippen molar-refractivity contribution < 1.29 is 8.78 Å². The Morgan fingerprint density at radius 3 is 2.57 bits per heavy atom. The van der Waals surface area contributed by atoms with Crippen LogP contribution in [-0.4, -0.2) is 0 Å². The van der Waals surface area contributed by atoms with Crippen LogP contribution < -0.4 is 0 Å². The zero-order valence-corrected chi connectivity index (χ0v) is 18.4. The minimum Gasteiger partial charge on any atom is -0.207 e. The average molecular weight is 411 g/mol. The number of allylic oxidation sites excluding steroid dienone is 1. The molecule has 0 aliphatic heterocycles. The quantitative estimate of drug-likeness (QED) is 0.400. The molecule has 0 N–H and O–H groups in total. The Balaban J connectivity index is 1.50. The lowest BCUT2D eigenvalue weighted by molar-refractivity contribution is 0.112. The molecule has 0 nitrogen and oxygen atoms in total. The summed E-state index contributed by atoms with van der Waals surface area (Å²) in [4.78, 5) is 0. The summed E-state index contributed by atoms with van der Waals surface area (Å²) in [7, 11) is 0. The molecule has 2 aliphatic carbocycles. The maximum absolute atomic E-state index is 15.1. The van der Waals surface area contributed by atoms with E-state index in [4.69, 9.17) is 0 Å². The standard InChI is InChI=1S/C28H36F2/c1-3-5-7-19-9-10-22-16-23(12-11-21(22)13-19)25-18-26-24(17-28(25)30)14-20(8-6-4-2)15-27(26)29/h4,14-15,17-19,21-23H,2-3,5-13,16H2,1H3/t19?,21-,22?,23-/m1/s1. The van der Waals surface area contributed by atoms with Gasteiger partial charge in [0.15, 0.2) is 0 Å². The van der Waals surface area contributed by atoms with Gasteiger partial charge in [-0.15, -0.1) is 6.58 Å². The SMILES string of the molecule is C=CCCc1cc(F)c2cc([C@@H]3CC[C@@H]4CC(CCCC)CCC4C3)c(F)cc2c1. The summed E-state index contributed by atoms with van der Waals surface area (Å²) >= 11 is 0. The second-order valence-electron chi connectivity index (χ2n) is 9.85. The number of aryl methyl sites for hydroxylation is 1. The Bertz CT molecular complexity index is 884. The van der Waals surface area contributed by atoms with Crippen LogP contribution in [0, 0.1) is 29.4 Å². The van der Waals surface area contributed by atoms with Crippen LogP contribution in [-0.2, 0) is 6.42 Å². The normalized spacial score (nSPS) is 26.5. The molecule has 0 aromatic heterocycles. The third kappa shape index (κ3) is 4.63. The Kier molecular flexibility index (Phi) is 6.91. The highest BCUT2D eigenvalue weighted by atomic mass is 19.1. The van der Waals surface area contributed by atoms with E-state index in [9.17, 15) is 4.39 Å². The van der Waals surface area contributed by atoms with Gasteiger partial charge in [0.2, 0.25) is 0 Å². The largest absolute Gasteiger partial charge is 0.207 e. The molecule has 0 bridgehead atoms. The fourth-order valence-electron chi connectivity index (χ4n) is 6.16. The summed E-state index contributed by atoms with van der Waals surface area (Å²) in [6, 6.07) is 6.93. The average Bonchev–Trinajstić information content (AvgIpc) is 2.75. The molecule has 2 heteroatoms. The molecule has 0 saturated heterocycles. The van der Waals surface area contributed by atoms with Crippen LogP contribution >= 0.6 is 0 Å². The molecule has 2 unspecified atom stereocenters. The molecule has 2 aromatic carbocycles. The van der Waals surface area contributed by atoms with Gasteiger partial charge in [-0.05, 0) is 103 Å². The summed E-state index contributed by atoms with van der Waals surface area (Å²) in [5, 5.41) is 1.25. The van der Waals surface area contributed by atoms with Gasteiger partial charge in [0, 0.05) is 5.39 Å². The van der Waals surface area contributed by atoms with Crippen LogP contribution in [0.15, 0.2) is 36.9 Å². The Morgan fingerprint density at radius 1 is 0.967 bits per heavy atom. The number of halogens is 2. The van der Waals surface area contributed by atoms with E-state index in [1.54, 1.807) is 12.1 Å². The molecule has 4 rings (SSSR count). The van der Waals surface area contributed by atoms with Crippen molar-refractivity contribution in [2.75, 3.05) is 0 Å². The fourth-order valence-corrected chi connectivity index (χ4v) is 6.16. The van der Waals surface area contributed by atoms with Crippen LogP contribution in [0.2, 0.25) is 0 Å². The highest BCUT2D eigenvalue weighted by molar-refractivity contribution is 5.85. The van der Waals surface area contributed by atoms with Crippen molar-refractivity contribution in [2.24, 2.45) is 17.8 Å². The molecular weight excluding hydrogens is 374 g/mol. The van der Waals surface area contributed by atoms with E-state index >= 15 is 4.39 Å². The second-order valence-corrected chi connectivity index (χ2v) is 9.85. The molecule has 30 heavy (non-hydrogen) atoms. The predicted molar refractivity (Wildman–Crippen MR) is 123 cm³/mol. The van der Waals surface area contributed by atoms with Crippen molar-refractivity contribution in [3.8, 4) is 0 Å². The summed E-state index contributed by atoms with van der Waals surface area (Å²) < 4.78 is 29.9. The number of rotatable bonds is 7. The van der Waals surface area contributed by atoms with Crippen molar-refractivity contribution in [3.05, 3.63) is 59.7 Å². The van der Waals surface area contributed by atoms with Gasteiger partial charge in [-0.25, -0.2) is 8.78 Å². The maximum Gasteiger partial charge on any atom is 0.131 e. The van der Waals surface area contributed by atoms with Crippen molar-refractivity contribution in [1.82, 2.24) is 0 Å². The van der Waals surface area contributed by atoms with Crippen molar-refractivity contribution in [3.63, 3.8) is 0 Å². The smallest absolute Gasteiger partial charge is 0.131 e. The Hall–Kier alpha value is -1.70. The number of hydrogen-bond acceptors (Lipinski definition) is 0. The van der Waals surface area contributed by atoms with Gasteiger partial charge in [-0.2, -0.15) is 0 Å². The lowest BCUT2D eigenvalue weighted by Crippen LogP contribution is -2.30. The van der Waals surface area contributed by atoms with E-state index < -0.39 is 0 Å². The molecular formula is C28H36F2. The van der Waals surface area contributed by atoms with Crippen LogP contribution in [0.5, 0.6) is 0 Å². The van der Waals surface area contributed by atoms with Crippen LogP contribution in [0.1, 0.15) is 88.2 Å². The Morgan fingerprint density at radius 2 is 1.77 bits per heavy atom. The predicted octanol–water partition coefficient (Wildman–Crippen LogP) is 8.73. The molecule has 0 spiro atoms. The highest BCUT2D eigenvalue weighted by Gasteiger charge is 2.36. The second kappa shape index (κ2) is 9.62. The van der Waals surface area contributed by atoms with E-state index in [1.807, 2.05) is 18.2 Å². The van der Waals surface area contributed by atoms with Crippen molar-refractivity contribution >= 4 is 10.8 Å². The lowest BCUT2D eigenvalue weighted by atomic mass is 9.63. The number of benzene rings is 2. The first-order chi connectivity index (χ1) is 14.6. The lowest BCUT2D eigenvalue weighted by Gasteiger charge is -2.42. The fraction of sp³-hybridized carbons (Fsp3) is 0.571. The van der Waals surface area contributed by atoms with Gasteiger partial charge < -0.3 is 0 Å². The van der Waals surface area contributed by atoms with Gasteiger partial charge in [0.05, 0.1) is 0 Å². The molecule has 2 saturated carbocycles. The highest BCUT2D eigenvalue weighted by Crippen LogP contribution is 2.49. The third-order valence-electron chi connectivity index (χ3n) is 7.84. The van der Waals surface area contributed by atoms with Gasteiger partial charge in [0.1, 0.15) is 11.6 Å². The summed E-state index contributed by atoms with van der Waals surface area (Å²) in [5.74, 6) is 2.32. The topological polar surface area (TPSA) is 0 Å². The molecule has 4 atom stereocenters. The van der Waals surface area contributed by atoms with Gasteiger partial charge in [-0.1, -0.05) is 44.7 Å². The first-order valence-electron chi connectivity index (χ1n) is 12.1. The number of hydrogen-bond donors (Lipinski definition) is 0. The molecule has 2 aliphatic rings. The van der Waals surface area contributed by atoms with Crippen molar-refractivity contribution in [1.29, 1.82) is 0 Å². The molecule has 2 fully saturated rings. The number of unbranched alkanes of at least 4 members (excludes halogenated alkanes) is 1. The van der Waals surface area contributed by atoms with E-state index in [0.29, 0.717) is 10.8 Å². The minimum absolute atomic E-state index is 0.150. The summed E-state index contributed by atoms with van der Waals surface area (Å²) in [5.41, 5.74) is 1.65. The van der Waals surface area contributed by atoms with E-state index in [1.165, 1.54) is 44.9 Å². The third-order valence-corrected chi connectivity index (χ3v) is 7.84. The van der Waals surface area contributed by atoms with Gasteiger partial charge in [0.25, 0.3) is 0 Å². The molecule has 0 heterocycles. The van der Waals surface area contributed by atoms with Gasteiger partial charge >= 0.3 is 0 Å². The van der Waals surface area contributed by atoms with E-state index in [-0.39, 0.29) is 17.6 Å². The monoisotopic (exact) mass is 410 g/mol. The maximum atomic E-state index is 15.1. The molecule has 2 aromatic rings. The first-order valence-corrected chi connectivity index (χ1v) is 12.1. The summed E-state index contributed by atoms with van der Waals surface area (Å²) in [6.07, 6.45) is 14.7. The van der Waals surface area contributed by atoms with Crippen molar-refractivity contribution in [2.45, 2.75) is 83.5 Å². The van der Waals surface area contributed by atoms with Crippen LogP contribution in [0.3, 0.4) is 0 Å². The van der Waals surface area contributed by atoms with E-state index in [2.05, 4.69) is 13.5 Å². The molecule has 0 radical (unpaired) electrons. The zero-order valence-electron chi connectivity index (χ0n) is 18.4. The van der Waals surface area contributed by atoms with Crippen LogP contribution in [0.4, 0.5) is 8.78 Å². The van der Waals surface area contributed by atoms with E-state index in [0.717, 1.165) is 54.6 Å². The molecule has 162 valence electrons.